The number of terminal acetylenes is 1. The molecule has 11 heteroatoms. The lowest BCUT2D eigenvalue weighted by Gasteiger charge is -2.36. The van der Waals surface area contributed by atoms with Crippen molar-refractivity contribution >= 4 is 46.9 Å². The summed E-state index contributed by atoms with van der Waals surface area (Å²) < 4.78 is 5.92. The SMILES string of the molecule is C#CCO[C@@H]1Cc2ccccc2[C@@H]1NC(=O)[C@H]1N2C(=O)[C@@H](NC(=S)[C@H](C)N(C)C(=O)O)CCS[C@H]2CC1(C)C. The molecule has 0 radical (unpaired) electrons. The molecule has 1 aliphatic carbocycles. The van der Waals surface area contributed by atoms with E-state index in [0.717, 1.165) is 16.0 Å². The third-order valence-corrected chi connectivity index (χ3v) is 9.70. The topological polar surface area (TPSA) is 111 Å². The number of nitrogens with one attached hydrogen (secondary N) is 2. The first-order valence-corrected chi connectivity index (χ1v) is 14.5. The van der Waals surface area contributed by atoms with Crippen molar-refractivity contribution in [1.29, 1.82) is 0 Å². The van der Waals surface area contributed by atoms with E-state index in [0.29, 0.717) is 25.0 Å². The van der Waals surface area contributed by atoms with E-state index in [1.54, 1.807) is 23.6 Å². The zero-order chi connectivity index (χ0) is 28.5. The van der Waals surface area contributed by atoms with Crippen LogP contribution >= 0.6 is 24.0 Å². The molecule has 39 heavy (non-hydrogen) atoms. The molecule has 3 aliphatic rings. The van der Waals surface area contributed by atoms with E-state index in [4.69, 9.17) is 23.4 Å². The van der Waals surface area contributed by atoms with E-state index in [1.165, 1.54) is 7.05 Å². The van der Waals surface area contributed by atoms with Crippen molar-refractivity contribution in [2.75, 3.05) is 19.4 Å². The van der Waals surface area contributed by atoms with E-state index in [2.05, 4.69) is 16.6 Å². The fraction of sp³-hybridized carbons (Fsp3) is 0.571. The van der Waals surface area contributed by atoms with Gasteiger partial charge in [-0.3, -0.25) is 9.59 Å². The summed E-state index contributed by atoms with van der Waals surface area (Å²) >= 11 is 7.14. The van der Waals surface area contributed by atoms with E-state index < -0.39 is 29.6 Å². The molecule has 0 saturated carbocycles. The molecule has 210 valence electrons. The Labute approximate surface area is 239 Å². The predicted octanol–water partition coefficient (Wildman–Crippen LogP) is 2.79. The minimum Gasteiger partial charge on any atom is -0.465 e. The third-order valence-electron chi connectivity index (χ3n) is 7.99. The highest BCUT2D eigenvalue weighted by Gasteiger charge is 2.55. The molecule has 0 spiro atoms. The Morgan fingerprint density at radius 3 is 2.77 bits per heavy atom. The molecule has 3 amide bonds. The first-order valence-electron chi connectivity index (χ1n) is 13.1. The number of thioether (sulfide) groups is 1. The molecule has 2 heterocycles. The maximum atomic E-state index is 14.0. The van der Waals surface area contributed by atoms with E-state index in [9.17, 15) is 19.5 Å². The molecule has 2 fully saturated rings. The summed E-state index contributed by atoms with van der Waals surface area (Å²) in [6.07, 6.45) is 5.88. The van der Waals surface area contributed by atoms with Gasteiger partial charge in [-0.25, -0.2) is 4.79 Å². The second kappa shape index (κ2) is 11.7. The normalized spacial score (nSPS) is 27.9. The van der Waals surface area contributed by atoms with Crippen molar-refractivity contribution < 1.29 is 24.2 Å². The van der Waals surface area contributed by atoms with Crippen LogP contribution in [0, 0.1) is 17.8 Å². The summed E-state index contributed by atoms with van der Waals surface area (Å²) in [6, 6.07) is 5.60. The van der Waals surface area contributed by atoms with Gasteiger partial charge in [0.25, 0.3) is 0 Å². The maximum Gasteiger partial charge on any atom is 0.407 e. The Morgan fingerprint density at radius 1 is 1.36 bits per heavy atom. The van der Waals surface area contributed by atoms with Crippen LogP contribution in [0.5, 0.6) is 0 Å². The van der Waals surface area contributed by atoms with Crippen LogP contribution in [0.25, 0.3) is 0 Å². The van der Waals surface area contributed by atoms with Crippen LogP contribution in [0.3, 0.4) is 0 Å². The van der Waals surface area contributed by atoms with Gasteiger partial charge in [-0.1, -0.05) is 56.3 Å². The summed E-state index contributed by atoms with van der Waals surface area (Å²) in [5, 5.41) is 15.5. The van der Waals surface area contributed by atoms with Crippen molar-refractivity contribution in [3.8, 4) is 12.3 Å². The van der Waals surface area contributed by atoms with Crippen LogP contribution in [-0.2, 0) is 20.7 Å². The molecule has 1 aromatic carbocycles. The number of thiocarbonyl (C=S) groups is 1. The van der Waals surface area contributed by atoms with Gasteiger partial charge in [0.2, 0.25) is 11.8 Å². The second-order valence-corrected chi connectivity index (χ2v) is 12.8. The Morgan fingerprint density at radius 2 is 2.08 bits per heavy atom. The lowest BCUT2D eigenvalue weighted by molar-refractivity contribution is -0.143. The molecule has 4 rings (SSSR count). The van der Waals surface area contributed by atoms with E-state index >= 15 is 0 Å². The Kier molecular flexibility index (Phi) is 8.78. The first-order chi connectivity index (χ1) is 18.5. The number of ether oxygens (including phenoxy) is 1. The number of fused-ring (bicyclic) bond motifs is 2. The number of likely N-dealkylation sites (N-methyl/N-ethyl adjacent to an activating group) is 1. The zero-order valence-electron chi connectivity index (χ0n) is 22.7. The molecular formula is C28H36N4O5S2. The van der Waals surface area contributed by atoms with Crippen molar-refractivity contribution in [2.45, 2.75) is 75.7 Å². The van der Waals surface area contributed by atoms with Gasteiger partial charge in [0.1, 0.15) is 18.7 Å². The number of amides is 3. The average molecular weight is 573 g/mol. The molecule has 6 atom stereocenters. The fourth-order valence-electron chi connectivity index (χ4n) is 5.76. The summed E-state index contributed by atoms with van der Waals surface area (Å²) in [5.41, 5.74) is 1.63. The minimum atomic E-state index is -1.11. The van der Waals surface area contributed by atoms with Gasteiger partial charge in [0, 0.05) is 13.5 Å². The zero-order valence-corrected chi connectivity index (χ0v) is 24.3. The van der Waals surface area contributed by atoms with Gasteiger partial charge in [0.05, 0.1) is 28.6 Å². The van der Waals surface area contributed by atoms with Crippen LogP contribution in [0.1, 0.15) is 50.8 Å². The highest BCUT2D eigenvalue weighted by Crippen LogP contribution is 2.46. The van der Waals surface area contributed by atoms with Gasteiger partial charge >= 0.3 is 6.09 Å². The molecule has 9 nitrogen and oxygen atoms in total. The van der Waals surface area contributed by atoms with Crippen molar-refractivity contribution in [3.63, 3.8) is 0 Å². The highest BCUT2D eigenvalue weighted by molar-refractivity contribution is 7.99. The molecule has 0 aromatic heterocycles. The molecule has 1 aromatic rings. The standard InChI is InChI=1S/C28H36N4O5S2/c1-6-12-37-20-14-17-9-7-8-10-18(17)22(20)30-24(33)23-28(3,4)15-21-32(23)26(34)19(11-13-39-21)29-25(38)16(2)31(5)27(35)36/h1,7-10,16,19-23H,11-15H2,2-5H3,(H,29,38)(H,30,33)(H,35,36)/t16-,19-,20+,21-,22-,23+/m0/s1. The lowest BCUT2D eigenvalue weighted by Crippen LogP contribution is -2.58. The number of carbonyl (C=O) groups is 3. The van der Waals surface area contributed by atoms with Gasteiger partial charge in [-0.2, -0.15) is 0 Å². The predicted molar refractivity (Wildman–Crippen MR) is 154 cm³/mol. The summed E-state index contributed by atoms with van der Waals surface area (Å²) in [7, 11) is 1.44. The molecule has 0 unspecified atom stereocenters. The third kappa shape index (κ3) is 5.88. The van der Waals surface area contributed by atoms with Crippen molar-refractivity contribution in [1.82, 2.24) is 20.4 Å². The minimum absolute atomic E-state index is 0.145. The molecule has 2 saturated heterocycles. The number of rotatable bonds is 7. The first kappa shape index (κ1) is 29.2. The highest BCUT2D eigenvalue weighted by atomic mass is 32.2. The number of benzene rings is 1. The second-order valence-electron chi connectivity index (χ2n) is 11.0. The lowest BCUT2D eigenvalue weighted by atomic mass is 9.83. The summed E-state index contributed by atoms with van der Waals surface area (Å²) in [5.74, 6) is 2.79. The Balaban J connectivity index is 1.56. The quantitative estimate of drug-likeness (QED) is 0.338. The Bertz CT molecular complexity index is 1180. The smallest absolute Gasteiger partial charge is 0.407 e. The van der Waals surface area contributed by atoms with Gasteiger partial charge in [0.15, 0.2) is 0 Å². The van der Waals surface area contributed by atoms with Crippen LogP contribution in [0.2, 0.25) is 0 Å². The van der Waals surface area contributed by atoms with Crippen molar-refractivity contribution in [3.05, 3.63) is 35.4 Å². The van der Waals surface area contributed by atoms with Gasteiger partial charge < -0.3 is 30.3 Å². The molecule has 0 bridgehead atoms. The summed E-state index contributed by atoms with van der Waals surface area (Å²) in [6.45, 7) is 5.86. The molecule has 3 N–H and O–H groups in total. The number of hydrogen-bond acceptors (Lipinski definition) is 6. The Hall–Kier alpha value is -2.81. The van der Waals surface area contributed by atoms with Crippen LogP contribution in [0.4, 0.5) is 4.79 Å². The average Bonchev–Trinajstić information content (AvgIpc) is 3.33. The van der Waals surface area contributed by atoms with E-state index in [-0.39, 0.29) is 40.9 Å². The summed E-state index contributed by atoms with van der Waals surface area (Å²) in [4.78, 5) is 42.5. The monoisotopic (exact) mass is 572 g/mol. The van der Waals surface area contributed by atoms with Gasteiger partial charge in [-0.05, 0) is 42.1 Å². The number of nitrogens with zero attached hydrogens (tertiary/aromatic N) is 2. The number of carboxylic acid groups (broad SMARTS) is 1. The number of hydrogen-bond donors (Lipinski definition) is 3. The fourth-order valence-corrected chi connectivity index (χ4v) is 7.63. The molecular weight excluding hydrogens is 536 g/mol. The van der Waals surface area contributed by atoms with Crippen LogP contribution in [0.15, 0.2) is 24.3 Å². The molecule has 2 aliphatic heterocycles. The van der Waals surface area contributed by atoms with Crippen molar-refractivity contribution in [2.24, 2.45) is 5.41 Å². The largest absolute Gasteiger partial charge is 0.465 e. The maximum absolute atomic E-state index is 14.0. The van der Waals surface area contributed by atoms with Crippen LogP contribution in [-0.4, -0.2) is 86.8 Å². The number of carbonyl (C=O) groups excluding carboxylic acids is 2. The van der Waals surface area contributed by atoms with Crippen LogP contribution < -0.4 is 10.6 Å². The van der Waals surface area contributed by atoms with Gasteiger partial charge in [-0.15, -0.1) is 18.2 Å². The van der Waals surface area contributed by atoms with E-state index in [1.807, 2.05) is 38.1 Å².